The second kappa shape index (κ2) is 6.16. The van der Waals surface area contributed by atoms with Crippen LogP contribution in [0.3, 0.4) is 0 Å². The lowest BCUT2D eigenvalue weighted by molar-refractivity contribution is 0.540. The Bertz CT molecular complexity index is 487. The first-order valence-corrected chi connectivity index (χ1v) is 7.34. The molecule has 2 heterocycles. The Morgan fingerprint density at radius 3 is 2.89 bits per heavy atom. The number of nitrogens with zero attached hydrogens (tertiary/aromatic N) is 2. The Hall–Kier alpha value is -1.13. The third kappa shape index (κ3) is 2.82. The molecule has 2 aromatic rings. The van der Waals surface area contributed by atoms with E-state index in [1.165, 1.54) is 16.1 Å². The van der Waals surface area contributed by atoms with Crippen LogP contribution in [0.5, 0.6) is 0 Å². The number of hydrogen-bond acceptors (Lipinski definition) is 3. The smallest absolute Gasteiger partial charge is 0.0492 e. The SMILES string of the molecule is CCc1ccsc1C(CCc1ccnn1C)NC. The van der Waals surface area contributed by atoms with Crippen molar-refractivity contribution in [2.45, 2.75) is 32.2 Å². The highest BCUT2D eigenvalue weighted by molar-refractivity contribution is 7.10. The second-order valence-electron chi connectivity index (χ2n) is 4.49. The van der Waals surface area contributed by atoms with Crippen molar-refractivity contribution in [3.05, 3.63) is 39.8 Å². The first kappa shape index (κ1) is 13.3. The molecular weight excluding hydrogens is 242 g/mol. The lowest BCUT2D eigenvalue weighted by Crippen LogP contribution is -2.17. The number of hydrogen-bond donors (Lipinski definition) is 1. The number of aromatic nitrogens is 2. The highest BCUT2D eigenvalue weighted by Crippen LogP contribution is 2.28. The number of aryl methyl sites for hydroxylation is 3. The number of nitrogens with one attached hydrogen (secondary N) is 1. The molecule has 0 spiro atoms. The zero-order chi connectivity index (χ0) is 13.0. The van der Waals surface area contributed by atoms with E-state index in [-0.39, 0.29) is 0 Å². The molecule has 1 N–H and O–H groups in total. The van der Waals surface area contributed by atoms with E-state index in [0.29, 0.717) is 6.04 Å². The van der Waals surface area contributed by atoms with E-state index in [9.17, 15) is 0 Å². The molecule has 3 nitrogen and oxygen atoms in total. The van der Waals surface area contributed by atoms with Crippen molar-refractivity contribution < 1.29 is 0 Å². The first-order valence-electron chi connectivity index (χ1n) is 6.46. The predicted octanol–water partition coefficient (Wildman–Crippen LogP) is 2.94. The van der Waals surface area contributed by atoms with Gasteiger partial charge in [0.25, 0.3) is 0 Å². The third-order valence-electron chi connectivity index (χ3n) is 3.44. The van der Waals surface area contributed by atoms with Gasteiger partial charge in [-0.25, -0.2) is 0 Å². The number of rotatable bonds is 6. The lowest BCUT2D eigenvalue weighted by Gasteiger charge is -2.16. The van der Waals surface area contributed by atoms with Crippen LogP contribution in [0, 0.1) is 0 Å². The summed E-state index contributed by atoms with van der Waals surface area (Å²) < 4.78 is 1.96. The summed E-state index contributed by atoms with van der Waals surface area (Å²) in [5, 5.41) is 9.85. The van der Waals surface area contributed by atoms with Crippen LogP contribution in [0.15, 0.2) is 23.7 Å². The highest BCUT2D eigenvalue weighted by Gasteiger charge is 2.14. The van der Waals surface area contributed by atoms with Gasteiger partial charge in [-0.2, -0.15) is 5.10 Å². The largest absolute Gasteiger partial charge is 0.312 e. The van der Waals surface area contributed by atoms with Gasteiger partial charge in [-0.05, 0) is 49.4 Å². The molecule has 0 aliphatic heterocycles. The fourth-order valence-electron chi connectivity index (χ4n) is 2.29. The molecule has 18 heavy (non-hydrogen) atoms. The minimum absolute atomic E-state index is 0.454. The second-order valence-corrected chi connectivity index (χ2v) is 5.44. The molecule has 0 aromatic carbocycles. The van der Waals surface area contributed by atoms with E-state index in [1.54, 1.807) is 0 Å². The normalized spacial score (nSPS) is 12.8. The Labute approximate surface area is 113 Å². The Morgan fingerprint density at radius 1 is 1.44 bits per heavy atom. The molecule has 2 aromatic heterocycles. The van der Waals surface area contributed by atoms with Crippen molar-refractivity contribution in [2.24, 2.45) is 7.05 Å². The zero-order valence-electron chi connectivity index (χ0n) is 11.3. The number of thiophene rings is 1. The van der Waals surface area contributed by atoms with Crippen molar-refractivity contribution in [3.63, 3.8) is 0 Å². The van der Waals surface area contributed by atoms with Crippen LogP contribution < -0.4 is 5.32 Å². The molecule has 2 rings (SSSR count). The predicted molar refractivity (Wildman–Crippen MR) is 77.0 cm³/mol. The minimum Gasteiger partial charge on any atom is -0.312 e. The van der Waals surface area contributed by atoms with Gasteiger partial charge >= 0.3 is 0 Å². The highest BCUT2D eigenvalue weighted by atomic mass is 32.1. The molecular formula is C14H21N3S. The van der Waals surface area contributed by atoms with Gasteiger partial charge in [-0.3, -0.25) is 4.68 Å². The van der Waals surface area contributed by atoms with Crippen LogP contribution in [0.2, 0.25) is 0 Å². The quantitative estimate of drug-likeness (QED) is 0.868. The van der Waals surface area contributed by atoms with E-state index in [1.807, 2.05) is 36.3 Å². The molecule has 0 aliphatic carbocycles. The van der Waals surface area contributed by atoms with Gasteiger partial charge in [-0.1, -0.05) is 6.92 Å². The third-order valence-corrected chi connectivity index (χ3v) is 4.51. The van der Waals surface area contributed by atoms with Crippen molar-refractivity contribution in [1.82, 2.24) is 15.1 Å². The summed E-state index contributed by atoms with van der Waals surface area (Å²) >= 11 is 1.86. The summed E-state index contributed by atoms with van der Waals surface area (Å²) in [6, 6.07) is 4.80. The van der Waals surface area contributed by atoms with E-state index in [2.05, 4.69) is 34.9 Å². The maximum Gasteiger partial charge on any atom is 0.0492 e. The van der Waals surface area contributed by atoms with Crippen LogP contribution in [0.4, 0.5) is 0 Å². The minimum atomic E-state index is 0.454. The van der Waals surface area contributed by atoms with Crippen LogP contribution in [-0.2, 0) is 19.9 Å². The fourth-order valence-corrected chi connectivity index (χ4v) is 3.43. The van der Waals surface area contributed by atoms with E-state index < -0.39 is 0 Å². The fraction of sp³-hybridized carbons (Fsp3) is 0.500. The van der Waals surface area contributed by atoms with E-state index in [4.69, 9.17) is 0 Å². The van der Waals surface area contributed by atoms with Gasteiger partial charge in [-0.15, -0.1) is 11.3 Å². The Balaban J connectivity index is 2.04. The van der Waals surface area contributed by atoms with Gasteiger partial charge in [0.2, 0.25) is 0 Å². The molecule has 0 amide bonds. The molecule has 0 radical (unpaired) electrons. The molecule has 0 aliphatic rings. The van der Waals surface area contributed by atoms with Gasteiger partial charge in [0.15, 0.2) is 0 Å². The van der Waals surface area contributed by atoms with Crippen LogP contribution >= 0.6 is 11.3 Å². The van der Waals surface area contributed by atoms with Crippen LogP contribution in [0.1, 0.15) is 35.5 Å². The Kier molecular flexibility index (Phi) is 4.55. The molecule has 0 saturated heterocycles. The molecule has 1 atom stereocenters. The summed E-state index contributed by atoms with van der Waals surface area (Å²) in [5.41, 5.74) is 2.77. The summed E-state index contributed by atoms with van der Waals surface area (Å²) in [7, 11) is 4.05. The molecule has 0 bridgehead atoms. The molecule has 4 heteroatoms. The van der Waals surface area contributed by atoms with Crippen molar-refractivity contribution in [2.75, 3.05) is 7.05 Å². The maximum atomic E-state index is 4.22. The van der Waals surface area contributed by atoms with Gasteiger partial charge in [0, 0.05) is 29.9 Å². The Morgan fingerprint density at radius 2 is 2.28 bits per heavy atom. The van der Waals surface area contributed by atoms with Crippen LogP contribution in [-0.4, -0.2) is 16.8 Å². The average molecular weight is 263 g/mol. The molecule has 0 saturated carbocycles. The maximum absolute atomic E-state index is 4.22. The summed E-state index contributed by atoms with van der Waals surface area (Å²) in [6.07, 6.45) is 5.15. The standard InChI is InChI=1S/C14H21N3S/c1-4-11-8-10-18-14(11)13(15-2)6-5-12-7-9-16-17(12)3/h7-10,13,15H,4-6H2,1-3H3. The van der Waals surface area contributed by atoms with E-state index in [0.717, 1.165) is 19.3 Å². The van der Waals surface area contributed by atoms with Gasteiger partial charge in [0.05, 0.1) is 0 Å². The van der Waals surface area contributed by atoms with Crippen molar-refractivity contribution in [1.29, 1.82) is 0 Å². The van der Waals surface area contributed by atoms with Gasteiger partial charge in [0.1, 0.15) is 0 Å². The monoisotopic (exact) mass is 263 g/mol. The van der Waals surface area contributed by atoms with Crippen molar-refractivity contribution in [3.8, 4) is 0 Å². The first-order chi connectivity index (χ1) is 8.76. The van der Waals surface area contributed by atoms with Crippen LogP contribution in [0.25, 0.3) is 0 Å². The molecule has 98 valence electrons. The average Bonchev–Trinajstić information content (AvgIpc) is 2.99. The van der Waals surface area contributed by atoms with E-state index >= 15 is 0 Å². The van der Waals surface area contributed by atoms with Crippen molar-refractivity contribution >= 4 is 11.3 Å². The topological polar surface area (TPSA) is 29.9 Å². The lowest BCUT2D eigenvalue weighted by atomic mass is 10.0. The van der Waals surface area contributed by atoms with Gasteiger partial charge < -0.3 is 5.32 Å². The summed E-state index contributed by atoms with van der Waals surface area (Å²) in [6.45, 7) is 2.22. The molecule has 0 fully saturated rings. The molecule has 1 unspecified atom stereocenters. The zero-order valence-corrected chi connectivity index (χ0v) is 12.1. The summed E-state index contributed by atoms with van der Waals surface area (Å²) in [5.74, 6) is 0. The summed E-state index contributed by atoms with van der Waals surface area (Å²) in [4.78, 5) is 1.49.